The Bertz CT molecular complexity index is 918. The van der Waals surface area contributed by atoms with Crippen LogP contribution < -0.4 is 9.80 Å². The average Bonchev–Trinajstić information content (AvgIpc) is 3.14. The number of pyridine rings is 1. The van der Waals surface area contributed by atoms with E-state index < -0.39 is 11.9 Å². The molecule has 2 aromatic rings. The van der Waals surface area contributed by atoms with Gasteiger partial charge in [-0.2, -0.15) is 0 Å². The molecule has 0 saturated carbocycles. The van der Waals surface area contributed by atoms with Crippen molar-refractivity contribution >= 4 is 35.0 Å². The summed E-state index contributed by atoms with van der Waals surface area (Å²) in [6, 6.07) is 6.29. The van der Waals surface area contributed by atoms with Gasteiger partial charge < -0.3 is 14.5 Å². The normalized spacial score (nSPS) is 17.1. The van der Waals surface area contributed by atoms with Crippen molar-refractivity contribution in [3.63, 3.8) is 0 Å². The molecule has 1 aromatic heterocycles. The molecule has 28 heavy (non-hydrogen) atoms. The van der Waals surface area contributed by atoms with Crippen LogP contribution in [0.2, 0.25) is 5.02 Å². The zero-order chi connectivity index (χ0) is 19.7. The molecule has 0 N–H and O–H groups in total. The molecular formula is C19H18ClFN4O3. The second-order valence-corrected chi connectivity index (χ2v) is 6.94. The van der Waals surface area contributed by atoms with Crippen LogP contribution in [-0.4, -0.2) is 61.2 Å². The standard InChI is InChI=1S/C19H18ClFN4O3/c20-15-3-4-22-12-14(15)18(26)24-7-5-23(6-8-24)17-2-1-13(11-16(17)21)25-9-10-28-19(25)27/h1-4,11-12H,5-10H2. The van der Waals surface area contributed by atoms with Gasteiger partial charge in [-0.1, -0.05) is 11.6 Å². The van der Waals surface area contributed by atoms with E-state index in [4.69, 9.17) is 16.3 Å². The van der Waals surface area contributed by atoms with Crippen LogP contribution in [0.3, 0.4) is 0 Å². The third-order valence-electron chi connectivity index (χ3n) is 4.91. The van der Waals surface area contributed by atoms with Crippen molar-refractivity contribution in [1.29, 1.82) is 0 Å². The Morgan fingerprint density at radius 1 is 1.14 bits per heavy atom. The molecule has 0 atom stereocenters. The van der Waals surface area contributed by atoms with Gasteiger partial charge in [-0.25, -0.2) is 9.18 Å². The third-order valence-corrected chi connectivity index (χ3v) is 5.24. The lowest BCUT2D eigenvalue weighted by atomic mass is 10.2. The summed E-state index contributed by atoms with van der Waals surface area (Å²) in [6.07, 6.45) is 2.53. The van der Waals surface area contributed by atoms with Crippen molar-refractivity contribution in [1.82, 2.24) is 9.88 Å². The number of amides is 2. The zero-order valence-electron chi connectivity index (χ0n) is 15.0. The molecule has 9 heteroatoms. The Balaban J connectivity index is 1.43. The molecule has 2 saturated heterocycles. The van der Waals surface area contributed by atoms with Gasteiger partial charge >= 0.3 is 6.09 Å². The number of ether oxygens (including phenoxy) is 1. The van der Waals surface area contributed by atoms with Crippen LogP contribution in [-0.2, 0) is 4.74 Å². The highest BCUT2D eigenvalue weighted by Gasteiger charge is 2.27. The molecule has 0 radical (unpaired) electrons. The second-order valence-electron chi connectivity index (χ2n) is 6.54. The van der Waals surface area contributed by atoms with E-state index in [1.54, 1.807) is 23.1 Å². The Morgan fingerprint density at radius 3 is 2.57 bits per heavy atom. The highest BCUT2D eigenvalue weighted by atomic mass is 35.5. The quantitative estimate of drug-likeness (QED) is 0.787. The number of carbonyl (C=O) groups excluding carboxylic acids is 2. The maximum Gasteiger partial charge on any atom is 0.414 e. The first-order valence-corrected chi connectivity index (χ1v) is 9.30. The van der Waals surface area contributed by atoms with Gasteiger partial charge in [0.15, 0.2) is 0 Å². The lowest BCUT2D eigenvalue weighted by Gasteiger charge is -2.36. The minimum Gasteiger partial charge on any atom is -0.447 e. The summed E-state index contributed by atoms with van der Waals surface area (Å²) in [6.45, 7) is 2.60. The van der Waals surface area contributed by atoms with E-state index in [2.05, 4.69) is 4.98 Å². The number of aromatic nitrogens is 1. The first-order chi connectivity index (χ1) is 13.5. The van der Waals surface area contributed by atoms with E-state index in [0.717, 1.165) is 0 Å². The fourth-order valence-electron chi connectivity index (χ4n) is 3.40. The Kier molecular flexibility index (Phi) is 5.04. The van der Waals surface area contributed by atoms with Crippen LogP contribution in [0.25, 0.3) is 0 Å². The summed E-state index contributed by atoms with van der Waals surface area (Å²) >= 11 is 6.08. The number of rotatable bonds is 3. The molecular weight excluding hydrogens is 387 g/mol. The Morgan fingerprint density at radius 2 is 1.93 bits per heavy atom. The van der Waals surface area contributed by atoms with Crippen LogP contribution in [0, 0.1) is 5.82 Å². The van der Waals surface area contributed by atoms with E-state index >= 15 is 0 Å². The van der Waals surface area contributed by atoms with Crippen molar-refractivity contribution < 1.29 is 18.7 Å². The molecule has 1 aromatic carbocycles. The summed E-state index contributed by atoms with van der Waals surface area (Å²) in [5, 5.41) is 0.365. The highest BCUT2D eigenvalue weighted by molar-refractivity contribution is 6.33. The smallest absolute Gasteiger partial charge is 0.414 e. The van der Waals surface area contributed by atoms with Crippen molar-refractivity contribution in [3.05, 3.63) is 53.1 Å². The van der Waals surface area contributed by atoms with Crippen molar-refractivity contribution in [2.45, 2.75) is 0 Å². The Hall–Kier alpha value is -2.87. The molecule has 0 unspecified atom stereocenters. The van der Waals surface area contributed by atoms with Crippen LogP contribution in [0.1, 0.15) is 10.4 Å². The number of carbonyl (C=O) groups is 2. The fraction of sp³-hybridized carbons (Fsp3) is 0.316. The highest BCUT2D eigenvalue weighted by Crippen LogP contribution is 2.28. The van der Waals surface area contributed by atoms with Crippen LogP contribution in [0.5, 0.6) is 0 Å². The number of anilines is 2. The summed E-state index contributed by atoms with van der Waals surface area (Å²) in [4.78, 5) is 33.2. The molecule has 2 fully saturated rings. The van der Waals surface area contributed by atoms with Gasteiger partial charge in [-0.05, 0) is 24.3 Å². The molecule has 2 aliphatic heterocycles. The third kappa shape index (κ3) is 3.47. The monoisotopic (exact) mass is 404 g/mol. The van der Waals surface area contributed by atoms with Gasteiger partial charge in [0.25, 0.3) is 5.91 Å². The molecule has 7 nitrogen and oxygen atoms in total. The van der Waals surface area contributed by atoms with Crippen LogP contribution in [0.15, 0.2) is 36.7 Å². The topological polar surface area (TPSA) is 66.0 Å². The maximum absolute atomic E-state index is 14.7. The average molecular weight is 405 g/mol. The van der Waals surface area contributed by atoms with E-state index in [0.29, 0.717) is 61.3 Å². The zero-order valence-corrected chi connectivity index (χ0v) is 15.7. The van der Waals surface area contributed by atoms with E-state index in [-0.39, 0.29) is 5.91 Å². The number of nitrogens with zero attached hydrogens (tertiary/aromatic N) is 4. The van der Waals surface area contributed by atoms with Gasteiger partial charge in [0.2, 0.25) is 0 Å². The van der Waals surface area contributed by atoms with Gasteiger partial charge in [-0.15, -0.1) is 0 Å². The van der Waals surface area contributed by atoms with Gasteiger partial charge in [0.05, 0.1) is 28.5 Å². The molecule has 146 valence electrons. The Labute approximate surface area is 166 Å². The second kappa shape index (κ2) is 7.63. The molecule has 4 rings (SSSR count). The maximum atomic E-state index is 14.7. The van der Waals surface area contributed by atoms with E-state index in [1.165, 1.54) is 23.4 Å². The number of hydrogen-bond donors (Lipinski definition) is 0. The van der Waals surface area contributed by atoms with Crippen molar-refractivity contribution in [2.75, 3.05) is 49.1 Å². The fourth-order valence-corrected chi connectivity index (χ4v) is 3.59. The van der Waals surface area contributed by atoms with E-state index in [1.807, 2.05) is 4.90 Å². The van der Waals surface area contributed by atoms with Gasteiger partial charge in [-0.3, -0.25) is 14.7 Å². The van der Waals surface area contributed by atoms with Crippen molar-refractivity contribution in [2.24, 2.45) is 0 Å². The van der Waals surface area contributed by atoms with Crippen molar-refractivity contribution in [3.8, 4) is 0 Å². The largest absolute Gasteiger partial charge is 0.447 e. The van der Waals surface area contributed by atoms with Crippen LogP contribution >= 0.6 is 11.6 Å². The first-order valence-electron chi connectivity index (χ1n) is 8.92. The number of piperazine rings is 1. The number of hydrogen-bond acceptors (Lipinski definition) is 5. The summed E-state index contributed by atoms with van der Waals surface area (Å²) < 4.78 is 19.6. The minimum absolute atomic E-state index is 0.180. The number of cyclic esters (lactones) is 1. The summed E-state index contributed by atoms with van der Waals surface area (Å²) in [5.41, 5.74) is 1.29. The minimum atomic E-state index is -0.465. The summed E-state index contributed by atoms with van der Waals surface area (Å²) in [5.74, 6) is -0.589. The predicted octanol–water partition coefficient (Wildman–Crippen LogP) is 2.79. The lowest BCUT2D eigenvalue weighted by Crippen LogP contribution is -2.49. The molecule has 0 bridgehead atoms. The van der Waals surface area contributed by atoms with Gasteiger partial charge in [0, 0.05) is 38.6 Å². The molecule has 3 heterocycles. The lowest BCUT2D eigenvalue weighted by molar-refractivity contribution is 0.0746. The number of halogens is 2. The SMILES string of the molecule is O=C(c1cnccc1Cl)N1CCN(c2ccc(N3CCOC3=O)cc2F)CC1. The molecule has 2 amide bonds. The molecule has 2 aliphatic rings. The molecule has 0 spiro atoms. The van der Waals surface area contributed by atoms with Crippen LogP contribution in [0.4, 0.5) is 20.6 Å². The predicted molar refractivity (Wildman–Crippen MR) is 102 cm³/mol. The molecule has 0 aliphatic carbocycles. The number of benzene rings is 1. The van der Waals surface area contributed by atoms with Gasteiger partial charge in [0.1, 0.15) is 12.4 Å². The summed E-state index contributed by atoms with van der Waals surface area (Å²) in [7, 11) is 0. The first kappa shape index (κ1) is 18.5. The van der Waals surface area contributed by atoms with E-state index in [9.17, 15) is 14.0 Å².